The summed E-state index contributed by atoms with van der Waals surface area (Å²) in [6, 6.07) is 5.41. The molecule has 0 radical (unpaired) electrons. The molecule has 0 heterocycles. The molecule has 21 heavy (non-hydrogen) atoms. The standard InChI is InChI=1S/C16H22O5/c1-18-11-12-20-9-4-10-21-16-7-6-15(19-2)13-14(16)5-3-8-17/h6-7,13,17H,4,8-12H2,1-2H3. The quantitative estimate of drug-likeness (QED) is 0.552. The summed E-state index contributed by atoms with van der Waals surface area (Å²) in [5.74, 6) is 6.84. The molecule has 0 aliphatic rings. The molecule has 116 valence electrons. The fourth-order valence-electron chi connectivity index (χ4n) is 1.58. The molecule has 0 saturated carbocycles. The van der Waals surface area contributed by atoms with E-state index in [9.17, 15) is 0 Å². The van der Waals surface area contributed by atoms with Gasteiger partial charge in [0.25, 0.3) is 0 Å². The maximum Gasteiger partial charge on any atom is 0.135 e. The van der Waals surface area contributed by atoms with Crippen molar-refractivity contribution in [2.24, 2.45) is 0 Å². The Bertz CT molecular complexity index is 461. The zero-order valence-electron chi connectivity index (χ0n) is 12.6. The average Bonchev–Trinajstić information content (AvgIpc) is 2.52. The number of aliphatic hydroxyl groups is 1. The molecule has 0 aromatic heterocycles. The maximum absolute atomic E-state index is 8.79. The van der Waals surface area contributed by atoms with E-state index in [-0.39, 0.29) is 6.61 Å². The molecule has 0 unspecified atom stereocenters. The van der Waals surface area contributed by atoms with Crippen molar-refractivity contribution in [3.05, 3.63) is 23.8 Å². The van der Waals surface area contributed by atoms with Gasteiger partial charge in [0, 0.05) is 20.1 Å². The number of methoxy groups -OCH3 is 2. The van der Waals surface area contributed by atoms with E-state index in [0.29, 0.717) is 43.5 Å². The molecule has 0 spiro atoms. The highest BCUT2D eigenvalue weighted by Crippen LogP contribution is 2.23. The van der Waals surface area contributed by atoms with E-state index in [2.05, 4.69) is 11.8 Å². The Balaban J connectivity index is 2.46. The second-order valence-corrected chi connectivity index (χ2v) is 4.13. The van der Waals surface area contributed by atoms with Crippen molar-refractivity contribution in [3.63, 3.8) is 0 Å². The van der Waals surface area contributed by atoms with Gasteiger partial charge in [0.2, 0.25) is 0 Å². The summed E-state index contributed by atoms with van der Waals surface area (Å²) in [6.45, 7) is 2.15. The van der Waals surface area contributed by atoms with E-state index >= 15 is 0 Å². The first-order valence-corrected chi connectivity index (χ1v) is 6.79. The predicted octanol–water partition coefficient (Wildman–Crippen LogP) is 1.47. The molecule has 0 bridgehead atoms. The molecule has 0 fully saturated rings. The van der Waals surface area contributed by atoms with Crippen LogP contribution in [-0.4, -0.2) is 52.4 Å². The molecule has 0 aliphatic heterocycles. The van der Waals surface area contributed by atoms with Crippen LogP contribution in [0, 0.1) is 11.8 Å². The van der Waals surface area contributed by atoms with Crippen LogP contribution in [0.1, 0.15) is 12.0 Å². The zero-order valence-corrected chi connectivity index (χ0v) is 12.6. The first-order chi connectivity index (χ1) is 10.3. The summed E-state index contributed by atoms with van der Waals surface area (Å²) in [7, 11) is 3.24. The molecule has 1 rings (SSSR count). The first-order valence-electron chi connectivity index (χ1n) is 6.79. The monoisotopic (exact) mass is 294 g/mol. The van der Waals surface area contributed by atoms with Crippen molar-refractivity contribution < 1.29 is 24.1 Å². The van der Waals surface area contributed by atoms with Gasteiger partial charge in [0.1, 0.15) is 18.1 Å². The largest absolute Gasteiger partial charge is 0.497 e. The summed E-state index contributed by atoms with van der Waals surface area (Å²) in [6.07, 6.45) is 0.780. The Morgan fingerprint density at radius 1 is 1.10 bits per heavy atom. The number of rotatable bonds is 9. The van der Waals surface area contributed by atoms with E-state index in [1.165, 1.54) is 0 Å². The fraction of sp³-hybridized carbons (Fsp3) is 0.500. The van der Waals surface area contributed by atoms with Crippen LogP contribution >= 0.6 is 0 Å². The van der Waals surface area contributed by atoms with Gasteiger partial charge in [-0.25, -0.2) is 0 Å². The Hall–Kier alpha value is -1.74. The van der Waals surface area contributed by atoms with Crippen molar-refractivity contribution in [2.45, 2.75) is 6.42 Å². The van der Waals surface area contributed by atoms with Crippen LogP contribution in [0.2, 0.25) is 0 Å². The Kier molecular flexibility index (Phi) is 9.05. The van der Waals surface area contributed by atoms with Gasteiger partial charge in [-0.3, -0.25) is 0 Å². The molecule has 0 atom stereocenters. The maximum atomic E-state index is 8.79. The normalized spacial score (nSPS) is 9.86. The van der Waals surface area contributed by atoms with Gasteiger partial charge >= 0.3 is 0 Å². The average molecular weight is 294 g/mol. The van der Waals surface area contributed by atoms with Crippen LogP contribution in [0.3, 0.4) is 0 Å². The van der Waals surface area contributed by atoms with Crippen LogP contribution in [0.15, 0.2) is 18.2 Å². The Labute approximate surface area is 125 Å². The lowest BCUT2D eigenvalue weighted by Crippen LogP contribution is -2.07. The summed E-state index contributed by atoms with van der Waals surface area (Å²) in [4.78, 5) is 0. The minimum Gasteiger partial charge on any atom is -0.497 e. The lowest BCUT2D eigenvalue weighted by molar-refractivity contribution is 0.0644. The van der Waals surface area contributed by atoms with Gasteiger partial charge in [-0.1, -0.05) is 11.8 Å². The van der Waals surface area contributed by atoms with Gasteiger partial charge < -0.3 is 24.1 Å². The highest BCUT2D eigenvalue weighted by atomic mass is 16.5. The van der Waals surface area contributed by atoms with E-state index in [1.807, 2.05) is 12.1 Å². The van der Waals surface area contributed by atoms with Crippen molar-refractivity contribution in [1.82, 2.24) is 0 Å². The summed E-state index contributed by atoms with van der Waals surface area (Å²) >= 11 is 0. The van der Waals surface area contributed by atoms with Gasteiger partial charge in [-0.15, -0.1) is 0 Å². The highest BCUT2D eigenvalue weighted by molar-refractivity contribution is 5.50. The molecule has 0 amide bonds. The van der Waals surface area contributed by atoms with Crippen molar-refractivity contribution in [3.8, 4) is 23.3 Å². The van der Waals surface area contributed by atoms with Crippen LogP contribution in [-0.2, 0) is 9.47 Å². The Morgan fingerprint density at radius 3 is 2.67 bits per heavy atom. The second kappa shape index (κ2) is 11.0. The smallest absolute Gasteiger partial charge is 0.135 e. The number of aliphatic hydroxyl groups excluding tert-OH is 1. The van der Waals surface area contributed by atoms with Crippen LogP contribution < -0.4 is 9.47 Å². The minimum atomic E-state index is -0.190. The van der Waals surface area contributed by atoms with E-state index in [0.717, 1.165) is 6.42 Å². The summed E-state index contributed by atoms with van der Waals surface area (Å²) < 4.78 is 21.1. The van der Waals surface area contributed by atoms with Gasteiger partial charge in [0.15, 0.2) is 0 Å². The molecular weight excluding hydrogens is 272 g/mol. The minimum absolute atomic E-state index is 0.190. The third kappa shape index (κ3) is 7.00. The number of hydrogen-bond acceptors (Lipinski definition) is 5. The van der Waals surface area contributed by atoms with E-state index in [1.54, 1.807) is 20.3 Å². The second-order valence-electron chi connectivity index (χ2n) is 4.13. The molecule has 1 aromatic carbocycles. The van der Waals surface area contributed by atoms with Gasteiger partial charge in [-0.2, -0.15) is 0 Å². The SMILES string of the molecule is COCCOCCCOc1ccc(OC)cc1C#CCO. The number of benzene rings is 1. The van der Waals surface area contributed by atoms with Crippen LogP contribution in [0.5, 0.6) is 11.5 Å². The van der Waals surface area contributed by atoms with Crippen molar-refractivity contribution in [1.29, 1.82) is 0 Å². The van der Waals surface area contributed by atoms with Gasteiger partial charge in [-0.05, 0) is 18.2 Å². The Morgan fingerprint density at radius 2 is 1.95 bits per heavy atom. The summed E-state index contributed by atoms with van der Waals surface area (Å²) in [5.41, 5.74) is 0.698. The molecule has 0 aliphatic carbocycles. The third-order valence-electron chi connectivity index (χ3n) is 2.61. The molecule has 5 nitrogen and oxygen atoms in total. The lowest BCUT2D eigenvalue weighted by atomic mass is 10.2. The summed E-state index contributed by atoms with van der Waals surface area (Å²) in [5, 5.41) is 8.79. The van der Waals surface area contributed by atoms with Crippen molar-refractivity contribution in [2.75, 3.05) is 47.3 Å². The molecule has 1 N–H and O–H groups in total. The number of ether oxygens (including phenoxy) is 4. The van der Waals surface area contributed by atoms with Crippen LogP contribution in [0.25, 0.3) is 0 Å². The predicted molar refractivity (Wildman–Crippen MR) is 79.8 cm³/mol. The zero-order chi connectivity index (χ0) is 15.3. The molecular formula is C16H22O5. The molecule has 5 heteroatoms. The topological polar surface area (TPSA) is 57.2 Å². The van der Waals surface area contributed by atoms with Crippen LogP contribution in [0.4, 0.5) is 0 Å². The van der Waals surface area contributed by atoms with Gasteiger partial charge in [0.05, 0.1) is 32.5 Å². The molecule has 0 saturated heterocycles. The van der Waals surface area contributed by atoms with E-state index in [4.69, 9.17) is 24.1 Å². The number of hydrogen-bond donors (Lipinski definition) is 1. The fourth-order valence-corrected chi connectivity index (χ4v) is 1.58. The third-order valence-corrected chi connectivity index (χ3v) is 2.61. The highest BCUT2D eigenvalue weighted by Gasteiger charge is 2.03. The van der Waals surface area contributed by atoms with E-state index < -0.39 is 0 Å². The van der Waals surface area contributed by atoms with Crippen molar-refractivity contribution >= 4 is 0 Å². The lowest BCUT2D eigenvalue weighted by Gasteiger charge is -2.10. The first kappa shape index (κ1) is 17.3. The molecule has 1 aromatic rings.